The molecule has 0 saturated heterocycles. The van der Waals surface area contributed by atoms with Crippen LogP contribution < -0.4 is 10.2 Å². The molecule has 0 bridgehead atoms. The number of fused-ring (bicyclic) bond motifs is 3. The number of aromatic nitrogens is 4. The van der Waals surface area contributed by atoms with Gasteiger partial charge in [0.2, 0.25) is 0 Å². The number of anilines is 1. The van der Waals surface area contributed by atoms with Crippen molar-refractivity contribution >= 4 is 50.2 Å². The third-order valence-electron chi connectivity index (χ3n) is 4.33. The number of aryl methyl sites for hydroxylation is 1. The van der Waals surface area contributed by atoms with Crippen LogP contribution in [0.5, 0.6) is 5.75 Å². The molecule has 0 fully saturated rings. The maximum atomic E-state index is 5.63. The second-order valence-electron chi connectivity index (χ2n) is 6.05. The molecular formula is C20H19BrN6O. The Morgan fingerprint density at radius 2 is 2.04 bits per heavy atom. The van der Waals surface area contributed by atoms with Crippen molar-refractivity contribution in [3.8, 4) is 5.75 Å². The molecule has 142 valence electrons. The molecule has 0 aliphatic carbocycles. The summed E-state index contributed by atoms with van der Waals surface area (Å²) in [6, 6.07) is 13.9. The second-order valence-corrected chi connectivity index (χ2v) is 6.97. The highest BCUT2D eigenvalue weighted by Crippen LogP contribution is 2.26. The van der Waals surface area contributed by atoms with Gasteiger partial charge in [-0.1, -0.05) is 34.1 Å². The number of benzene rings is 2. The lowest BCUT2D eigenvalue weighted by molar-refractivity contribution is 0.339. The summed E-state index contributed by atoms with van der Waals surface area (Å²) < 4.78 is 8.70. The molecule has 0 saturated carbocycles. The van der Waals surface area contributed by atoms with Crippen molar-refractivity contribution in [2.45, 2.75) is 20.4 Å². The Kier molecular flexibility index (Phi) is 5.21. The highest BCUT2D eigenvalue weighted by Gasteiger charge is 2.13. The Balaban J connectivity index is 1.65. The van der Waals surface area contributed by atoms with Crippen LogP contribution in [0.25, 0.3) is 22.1 Å². The molecule has 2 heterocycles. The van der Waals surface area contributed by atoms with E-state index in [0.29, 0.717) is 12.6 Å². The largest absolute Gasteiger partial charge is 0.493 e. The molecule has 0 unspecified atom stereocenters. The molecule has 28 heavy (non-hydrogen) atoms. The van der Waals surface area contributed by atoms with Crippen molar-refractivity contribution in [2.75, 3.05) is 12.0 Å². The minimum Gasteiger partial charge on any atom is -0.493 e. The summed E-state index contributed by atoms with van der Waals surface area (Å²) in [5.74, 6) is 1.10. The number of hydrogen-bond acceptors (Lipinski definition) is 6. The maximum Gasteiger partial charge on any atom is 0.265 e. The zero-order valence-corrected chi connectivity index (χ0v) is 17.1. The van der Waals surface area contributed by atoms with Crippen LogP contribution in [0.3, 0.4) is 0 Å². The van der Waals surface area contributed by atoms with Crippen LogP contribution >= 0.6 is 15.9 Å². The second kappa shape index (κ2) is 7.93. The first-order valence-electron chi connectivity index (χ1n) is 9.04. The highest BCUT2D eigenvalue weighted by atomic mass is 79.9. The molecule has 4 aromatic rings. The molecule has 0 aliphatic rings. The molecule has 0 amide bonds. The van der Waals surface area contributed by atoms with Gasteiger partial charge in [-0.3, -0.25) is 0 Å². The first-order chi connectivity index (χ1) is 13.7. The summed E-state index contributed by atoms with van der Waals surface area (Å²) in [7, 11) is 0. The van der Waals surface area contributed by atoms with E-state index in [1.54, 1.807) is 6.21 Å². The molecule has 0 atom stereocenters. The topological polar surface area (TPSA) is 77.2 Å². The molecule has 2 aromatic carbocycles. The fourth-order valence-electron chi connectivity index (χ4n) is 3.14. The lowest BCUT2D eigenvalue weighted by Gasteiger charge is -2.07. The molecule has 2 aromatic heterocycles. The Hall–Kier alpha value is -3.00. The zero-order chi connectivity index (χ0) is 19.5. The average molecular weight is 439 g/mol. The van der Waals surface area contributed by atoms with Crippen LogP contribution in [0.1, 0.15) is 19.4 Å². The summed E-state index contributed by atoms with van der Waals surface area (Å²) in [4.78, 5) is 4.61. The van der Waals surface area contributed by atoms with Gasteiger partial charge in [0.25, 0.3) is 5.95 Å². The quantitative estimate of drug-likeness (QED) is 0.351. The average Bonchev–Trinajstić information content (AvgIpc) is 3.03. The number of hydrazone groups is 1. The van der Waals surface area contributed by atoms with Crippen LogP contribution in [0, 0.1) is 0 Å². The molecule has 7 nitrogen and oxygen atoms in total. The monoisotopic (exact) mass is 438 g/mol. The molecular weight excluding hydrogens is 420 g/mol. The van der Waals surface area contributed by atoms with E-state index in [1.807, 2.05) is 43.3 Å². The number of halogens is 1. The number of hydrogen-bond donors (Lipinski definition) is 1. The van der Waals surface area contributed by atoms with Crippen molar-refractivity contribution in [3.05, 3.63) is 52.5 Å². The fraction of sp³-hybridized carbons (Fsp3) is 0.200. The third-order valence-corrected chi connectivity index (χ3v) is 4.82. The van der Waals surface area contributed by atoms with Crippen LogP contribution in [0.2, 0.25) is 0 Å². The molecule has 0 spiro atoms. The summed E-state index contributed by atoms with van der Waals surface area (Å²) in [6.45, 7) is 5.41. The number of nitrogens with zero attached hydrogens (tertiary/aromatic N) is 5. The summed E-state index contributed by atoms with van der Waals surface area (Å²) >= 11 is 3.47. The maximum absolute atomic E-state index is 5.63. The first kappa shape index (κ1) is 18.4. The number of rotatable bonds is 6. The van der Waals surface area contributed by atoms with Gasteiger partial charge in [-0.25, -0.2) is 5.43 Å². The Morgan fingerprint density at radius 3 is 2.86 bits per heavy atom. The van der Waals surface area contributed by atoms with Crippen LogP contribution in [-0.4, -0.2) is 32.6 Å². The first-order valence-corrected chi connectivity index (χ1v) is 9.83. The van der Waals surface area contributed by atoms with Crippen molar-refractivity contribution < 1.29 is 4.74 Å². The number of ether oxygens (including phenoxy) is 1. The Labute approximate surface area is 170 Å². The summed E-state index contributed by atoms with van der Waals surface area (Å²) in [5, 5.41) is 13.8. The van der Waals surface area contributed by atoms with Gasteiger partial charge in [0, 0.05) is 22.0 Å². The van der Waals surface area contributed by atoms with E-state index in [4.69, 9.17) is 4.74 Å². The minimum absolute atomic E-state index is 0.342. The van der Waals surface area contributed by atoms with Crippen LogP contribution in [0.4, 0.5) is 5.95 Å². The molecule has 0 radical (unpaired) electrons. The van der Waals surface area contributed by atoms with E-state index in [0.717, 1.165) is 44.4 Å². The van der Waals surface area contributed by atoms with E-state index in [1.165, 1.54) is 0 Å². The molecule has 0 aliphatic heterocycles. The van der Waals surface area contributed by atoms with Crippen molar-refractivity contribution in [1.82, 2.24) is 19.7 Å². The van der Waals surface area contributed by atoms with Gasteiger partial charge in [-0.15, -0.1) is 10.2 Å². The zero-order valence-electron chi connectivity index (χ0n) is 15.6. The summed E-state index contributed by atoms with van der Waals surface area (Å²) in [6.07, 6.45) is 1.68. The number of nitrogens with one attached hydrogen (secondary N) is 1. The van der Waals surface area contributed by atoms with Crippen LogP contribution in [-0.2, 0) is 6.54 Å². The van der Waals surface area contributed by atoms with E-state index in [2.05, 4.69) is 59.2 Å². The van der Waals surface area contributed by atoms with Crippen molar-refractivity contribution in [3.63, 3.8) is 0 Å². The predicted molar refractivity (Wildman–Crippen MR) is 115 cm³/mol. The van der Waals surface area contributed by atoms with Gasteiger partial charge in [0.05, 0.1) is 18.3 Å². The van der Waals surface area contributed by atoms with Gasteiger partial charge in [-0.2, -0.15) is 10.1 Å². The summed E-state index contributed by atoms with van der Waals surface area (Å²) in [5.41, 5.74) is 6.39. The highest BCUT2D eigenvalue weighted by molar-refractivity contribution is 9.10. The molecule has 1 N–H and O–H groups in total. The standard InChI is InChI=1S/C20H19BrN6O/c1-3-27-16-8-6-5-7-15(16)18-19(27)23-20(26-24-18)25-22-12-13-11-14(21)9-10-17(13)28-4-2/h5-12H,3-4H2,1-2H3,(H,23,25,26)/b22-12+. The number of para-hydroxylation sites is 1. The van der Waals surface area contributed by atoms with E-state index in [-0.39, 0.29) is 0 Å². The SMILES string of the molecule is CCOc1ccc(Br)cc1/C=N/Nc1nnc2c3ccccc3n(CC)c2n1. The third kappa shape index (κ3) is 3.43. The lowest BCUT2D eigenvalue weighted by atomic mass is 10.2. The fourth-order valence-corrected chi connectivity index (χ4v) is 3.52. The predicted octanol–water partition coefficient (Wildman–Crippen LogP) is 4.61. The Bertz CT molecular complexity index is 1170. The normalized spacial score (nSPS) is 11.5. The van der Waals surface area contributed by atoms with E-state index >= 15 is 0 Å². The van der Waals surface area contributed by atoms with Gasteiger partial charge in [0.1, 0.15) is 11.3 Å². The van der Waals surface area contributed by atoms with Crippen molar-refractivity contribution in [2.24, 2.45) is 5.10 Å². The molecule has 8 heteroatoms. The van der Waals surface area contributed by atoms with Gasteiger partial charge >= 0.3 is 0 Å². The van der Waals surface area contributed by atoms with E-state index in [9.17, 15) is 0 Å². The van der Waals surface area contributed by atoms with Crippen LogP contribution in [0.15, 0.2) is 52.0 Å². The van der Waals surface area contributed by atoms with Gasteiger partial charge < -0.3 is 9.30 Å². The van der Waals surface area contributed by atoms with Gasteiger partial charge in [-0.05, 0) is 38.1 Å². The van der Waals surface area contributed by atoms with Gasteiger partial charge in [0.15, 0.2) is 5.65 Å². The lowest BCUT2D eigenvalue weighted by Crippen LogP contribution is -2.02. The van der Waals surface area contributed by atoms with E-state index < -0.39 is 0 Å². The van der Waals surface area contributed by atoms with Crippen molar-refractivity contribution in [1.29, 1.82) is 0 Å². The molecule has 4 rings (SSSR count). The minimum atomic E-state index is 0.342. The Morgan fingerprint density at radius 1 is 1.18 bits per heavy atom. The smallest absolute Gasteiger partial charge is 0.265 e.